The number of fused-ring (bicyclic) bond motifs is 1. The summed E-state index contributed by atoms with van der Waals surface area (Å²) in [4.78, 5) is 5.46. The van der Waals surface area contributed by atoms with Gasteiger partial charge in [-0.3, -0.25) is 4.98 Å². The van der Waals surface area contributed by atoms with E-state index in [0.717, 1.165) is 31.8 Å². The Morgan fingerprint density at radius 3 is 2.82 bits per heavy atom. The number of hydrogen-bond donors (Lipinski definition) is 2. The van der Waals surface area contributed by atoms with Crippen LogP contribution in [-0.4, -0.2) is 10.1 Å². The van der Waals surface area contributed by atoms with E-state index >= 15 is 0 Å². The Hall–Kier alpha value is -2.47. The molecule has 142 valence electrons. The molecule has 3 nitrogen and oxygen atoms in total. The molecule has 3 N–H and O–H groups in total. The zero-order chi connectivity index (χ0) is 19.8. The monoisotopic (exact) mass is 412 g/mol. The normalized spacial score (nSPS) is 12.4. The molecule has 2 heterocycles. The summed E-state index contributed by atoms with van der Waals surface area (Å²) in [6, 6.07) is 14.8. The maximum Gasteiger partial charge on any atom is 0.151 e. The summed E-state index contributed by atoms with van der Waals surface area (Å²) in [5.41, 5.74) is 8.79. The zero-order valence-corrected chi connectivity index (χ0v) is 16.7. The van der Waals surface area contributed by atoms with Crippen LogP contribution in [0.15, 0.2) is 54.7 Å². The maximum absolute atomic E-state index is 14.4. The number of nitrogens with two attached hydrogens (primary N) is 1. The molecule has 0 amide bonds. The highest BCUT2D eigenvalue weighted by atomic mass is 35.5. The second-order valence-electron chi connectivity index (χ2n) is 6.69. The van der Waals surface area contributed by atoms with Crippen molar-refractivity contribution in [2.24, 2.45) is 0 Å². The smallest absolute Gasteiger partial charge is 0.151 e. The Morgan fingerprint density at radius 1 is 1.21 bits per heavy atom. The van der Waals surface area contributed by atoms with Gasteiger partial charge in [-0.15, -0.1) is 11.3 Å². The van der Waals surface area contributed by atoms with Gasteiger partial charge in [0.1, 0.15) is 0 Å². The first-order valence-corrected chi connectivity index (χ1v) is 10.0. The van der Waals surface area contributed by atoms with E-state index < -0.39 is 11.9 Å². The van der Waals surface area contributed by atoms with E-state index in [1.807, 2.05) is 30.3 Å². The van der Waals surface area contributed by atoms with Gasteiger partial charge < -0.3 is 10.8 Å². The molecular weight excluding hydrogens is 395 g/mol. The second-order valence-corrected chi connectivity index (χ2v) is 8.24. The Balaban J connectivity index is 1.78. The third kappa shape index (κ3) is 3.49. The number of nitrogens with zero attached hydrogens (tertiary/aromatic N) is 1. The molecular formula is C22H18ClFN2OS. The molecule has 28 heavy (non-hydrogen) atoms. The van der Waals surface area contributed by atoms with Gasteiger partial charge in [0.25, 0.3) is 0 Å². The van der Waals surface area contributed by atoms with Gasteiger partial charge >= 0.3 is 0 Å². The van der Waals surface area contributed by atoms with Gasteiger partial charge in [-0.25, -0.2) is 4.39 Å². The third-order valence-electron chi connectivity index (χ3n) is 4.70. The van der Waals surface area contributed by atoms with Crippen molar-refractivity contribution in [3.8, 4) is 11.3 Å². The predicted molar refractivity (Wildman–Crippen MR) is 114 cm³/mol. The molecule has 0 saturated heterocycles. The SMILES string of the molecule is CC(O)c1ccnc(-c2cccc3cc(Cc4c(Cl)ccc(N)c4F)sc23)c1. The molecule has 0 spiro atoms. The quantitative estimate of drug-likeness (QED) is 0.405. The number of hydrogen-bond acceptors (Lipinski definition) is 4. The molecule has 0 bridgehead atoms. The minimum atomic E-state index is -0.562. The standard InChI is InChI=1S/C22H18ClFN2OS/c1-12(27)13-7-8-26-20(10-13)16-4-2-3-14-9-15(28-22(14)16)11-17-18(23)5-6-19(25)21(17)24/h2-10,12,27H,11,25H2,1H3. The number of aromatic nitrogens is 1. The molecule has 0 saturated carbocycles. The molecule has 0 aliphatic carbocycles. The summed E-state index contributed by atoms with van der Waals surface area (Å²) in [7, 11) is 0. The lowest BCUT2D eigenvalue weighted by atomic mass is 10.0. The molecule has 6 heteroatoms. The lowest BCUT2D eigenvalue weighted by Crippen LogP contribution is -1.98. The van der Waals surface area contributed by atoms with Gasteiger partial charge in [-0.1, -0.05) is 29.8 Å². The van der Waals surface area contributed by atoms with E-state index in [1.54, 1.807) is 36.6 Å². The topological polar surface area (TPSA) is 59.1 Å². The van der Waals surface area contributed by atoms with Crippen LogP contribution in [0.4, 0.5) is 10.1 Å². The van der Waals surface area contributed by atoms with Crippen molar-refractivity contribution in [2.45, 2.75) is 19.4 Å². The summed E-state index contributed by atoms with van der Waals surface area (Å²) < 4.78 is 15.5. The van der Waals surface area contributed by atoms with Crippen molar-refractivity contribution in [2.75, 3.05) is 5.73 Å². The van der Waals surface area contributed by atoms with E-state index in [-0.39, 0.29) is 5.69 Å². The van der Waals surface area contributed by atoms with Crippen molar-refractivity contribution in [1.29, 1.82) is 0 Å². The van der Waals surface area contributed by atoms with Crippen LogP contribution >= 0.6 is 22.9 Å². The number of thiophene rings is 1. The van der Waals surface area contributed by atoms with Crippen LogP contribution in [0, 0.1) is 5.82 Å². The van der Waals surface area contributed by atoms with Gasteiger partial charge in [-0.2, -0.15) is 0 Å². The van der Waals surface area contributed by atoms with Crippen molar-refractivity contribution >= 4 is 38.7 Å². The van der Waals surface area contributed by atoms with Crippen LogP contribution in [0.25, 0.3) is 21.3 Å². The fourth-order valence-corrected chi connectivity index (χ4v) is 4.62. The van der Waals surface area contributed by atoms with E-state index in [4.69, 9.17) is 17.3 Å². The zero-order valence-electron chi connectivity index (χ0n) is 15.1. The third-order valence-corrected chi connectivity index (χ3v) is 6.24. The molecule has 4 rings (SSSR count). The molecule has 0 aliphatic rings. The van der Waals surface area contributed by atoms with Crippen LogP contribution in [0.5, 0.6) is 0 Å². The fraction of sp³-hybridized carbons (Fsp3) is 0.136. The summed E-state index contributed by atoms with van der Waals surface area (Å²) in [5, 5.41) is 11.3. The average molecular weight is 413 g/mol. The number of aliphatic hydroxyl groups excluding tert-OH is 1. The highest BCUT2D eigenvalue weighted by Gasteiger charge is 2.15. The molecule has 4 aromatic rings. The van der Waals surface area contributed by atoms with E-state index in [0.29, 0.717) is 17.0 Å². The number of benzene rings is 2. The van der Waals surface area contributed by atoms with Gasteiger partial charge in [-0.05, 0) is 48.2 Å². The van der Waals surface area contributed by atoms with Crippen molar-refractivity contribution in [3.63, 3.8) is 0 Å². The Morgan fingerprint density at radius 2 is 2.04 bits per heavy atom. The van der Waals surface area contributed by atoms with Crippen LogP contribution in [-0.2, 0) is 6.42 Å². The minimum Gasteiger partial charge on any atom is -0.396 e. The summed E-state index contributed by atoms with van der Waals surface area (Å²) in [6.07, 6.45) is 1.51. The fourth-order valence-electron chi connectivity index (χ4n) is 3.21. The van der Waals surface area contributed by atoms with Crippen molar-refractivity contribution in [3.05, 3.63) is 81.6 Å². The number of rotatable bonds is 4. The molecule has 0 fully saturated rings. The molecule has 1 unspecified atom stereocenters. The van der Waals surface area contributed by atoms with Crippen LogP contribution in [0.1, 0.15) is 29.0 Å². The Kier molecular flexibility index (Phi) is 5.06. The Labute approximate surface area is 171 Å². The summed E-state index contributed by atoms with van der Waals surface area (Å²) in [6.45, 7) is 1.73. The van der Waals surface area contributed by atoms with E-state index in [9.17, 15) is 9.50 Å². The molecule has 0 radical (unpaired) electrons. The second kappa shape index (κ2) is 7.51. The first kappa shape index (κ1) is 18.9. The number of aliphatic hydroxyl groups is 1. The van der Waals surface area contributed by atoms with Gasteiger partial charge in [0.15, 0.2) is 5.82 Å². The average Bonchev–Trinajstić information content (AvgIpc) is 3.11. The van der Waals surface area contributed by atoms with Gasteiger partial charge in [0.05, 0.1) is 17.5 Å². The summed E-state index contributed by atoms with van der Waals surface area (Å²) in [5.74, 6) is -0.462. The Bertz CT molecular complexity index is 1170. The predicted octanol–water partition coefficient (Wildman–Crippen LogP) is 5.98. The van der Waals surface area contributed by atoms with Gasteiger partial charge in [0.2, 0.25) is 0 Å². The van der Waals surface area contributed by atoms with Crippen molar-refractivity contribution < 1.29 is 9.50 Å². The number of halogens is 2. The van der Waals surface area contributed by atoms with E-state index in [2.05, 4.69) is 4.98 Å². The molecule has 2 aromatic carbocycles. The highest BCUT2D eigenvalue weighted by molar-refractivity contribution is 7.19. The first-order chi connectivity index (χ1) is 13.4. The number of anilines is 1. The summed E-state index contributed by atoms with van der Waals surface area (Å²) >= 11 is 7.78. The number of pyridine rings is 1. The number of nitrogen functional groups attached to an aromatic ring is 1. The lowest BCUT2D eigenvalue weighted by molar-refractivity contribution is 0.199. The first-order valence-electron chi connectivity index (χ1n) is 8.82. The molecule has 1 atom stereocenters. The lowest BCUT2D eigenvalue weighted by Gasteiger charge is -2.08. The van der Waals surface area contributed by atoms with Gasteiger partial charge in [0, 0.05) is 38.3 Å². The van der Waals surface area contributed by atoms with Crippen LogP contribution in [0.3, 0.4) is 0 Å². The minimum absolute atomic E-state index is 0.0975. The van der Waals surface area contributed by atoms with Crippen LogP contribution < -0.4 is 5.73 Å². The van der Waals surface area contributed by atoms with E-state index in [1.165, 1.54) is 6.07 Å². The molecule has 0 aliphatic heterocycles. The largest absolute Gasteiger partial charge is 0.396 e. The van der Waals surface area contributed by atoms with Crippen molar-refractivity contribution in [1.82, 2.24) is 4.98 Å². The maximum atomic E-state index is 14.4. The van der Waals surface area contributed by atoms with Crippen LogP contribution in [0.2, 0.25) is 5.02 Å². The highest BCUT2D eigenvalue weighted by Crippen LogP contribution is 2.37. The molecule has 2 aromatic heterocycles.